The molecule has 10 bridgehead atoms. The van der Waals surface area contributed by atoms with Crippen LogP contribution >= 0.6 is 0 Å². The van der Waals surface area contributed by atoms with E-state index in [0.717, 1.165) is 82.0 Å². The van der Waals surface area contributed by atoms with Gasteiger partial charge in [-0.2, -0.15) is 0 Å². The van der Waals surface area contributed by atoms with Crippen molar-refractivity contribution in [2.24, 2.45) is 102 Å². The minimum Gasteiger partial charge on any atom is -0.459 e. The summed E-state index contributed by atoms with van der Waals surface area (Å²) in [5.41, 5.74) is -2.18. The van der Waals surface area contributed by atoms with E-state index >= 15 is 0 Å². The van der Waals surface area contributed by atoms with Gasteiger partial charge in [0.2, 0.25) is 0 Å². The van der Waals surface area contributed by atoms with Crippen molar-refractivity contribution in [2.45, 2.75) is 369 Å². The van der Waals surface area contributed by atoms with Crippen LogP contribution in [-0.4, -0.2) is 57.9 Å². The highest BCUT2D eigenvalue weighted by Gasteiger charge is 2.71. The molecule has 10 nitrogen and oxygen atoms in total. The largest absolute Gasteiger partial charge is 0.459 e. The fraction of sp³-hybridized carbons (Fsp3) is 0.937. The normalized spacial score (nSPS) is 38.1. The monoisotopic (exact) mass is 1250 g/mol. The molecule has 0 aromatic rings. The molecule has 10 aliphatic rings. The van der Waals surface area contributed by atoms with E-state index in [1.54, 1.807) is 0 Å². The van der Waals surface area contributed by atoms with E-state index in [-0.39, 0.29) is 107 Å². The van der Waals surface area contributed by atoms with Crippen molar-refractivity contribution in [1.29, 1.82) is 0 Å². The Hall–Kier alpha value is -2.65. The van der Waals surface area contributed by atoms with Gasteiger partial charge in [0, 0.05) is 16.2 Å². The Morgan fingerprint density at radius 2 is 0.787 bits per heavy atom. The molecule has 0 N–H and O–H groups in total. The molecule has 15 atom stereocenters. The third-order valence-corrected chi connectivity index (χ3v) is 29.5. The summed E-state index contributed by atoms with van der Waals surface area (Å²) in [6.45, 7) is 57.2. The van der Waals surface area contributed by atoms with Crippen molar-refractivity contribution >= 4 is 29.8 Å². The lowest BCUT2D eigenvalue weighted by atomic mass is 9.61. The Morgan fingerprint density at radius 3 is 1.12 bits per heavy atom. The molecule has 10 saturated carbocycles. The number of fused-ring (bicyclic) bond motifs is 10. The molecule has 0 spiro atoms. The predicted molar refractivity (Wildman–Crippen MR) is 361 cm³/mol. The average molecular weight is 1250 g/mol. The summed E-state index contributed by atoms with van der Waals surface area (Å²) in [5.74, 6) is 6.07. The van der Waals surface area contributed by atoms with E-state index in [1.165, 1.54) is 89.9 Å². The highest BCUT2D eigenvalue weighted by atomic mass is 16.6. The van der Waals surface area contributed by atoms with Gasteiger partial charge in [-0.1, -0.05) is 96.9 Å². The second-order valence-electron chi connectivity index (χ2n) is 37.2. The minimum atomic E-state index is -0.378. The van der Waals surface area contributed by atoms with Gasteiger partial charge in [0.05, 0.1) is 27.1 Å². The summed E-state index contributed by atoms with van der Waals surface area (Å²) < 4.78 is 30.2. The van der Waals surface area contributed by atoms with Crippen LogP contribution in [0.1, 0.15) is 341 Å². The lowest BCUT2D eigenvalue weighted by Crippen LogP contribution is -2.55. The summed E-state index contributed by atoms with van der Waals surface area (Å²) in [6.07, 6.45) is 27.3. The minimum absolute atomic E-state index is 0.00579. The number of hydrogen-bond acceptors (Lipinski definition) is 10. The summed E-state index contributed by atoms with van der Waals surface area (Å²) in [5, 5.41) is 0. The summed E-state index contributed by atoms with van der Waals surface area (Å²) in [6, 6.07) is 0. The van der Waals surface area contributed by atoms with Crippen molar-refractivity contribution in [2.75, 3.05) is 0 Å². The van der Waals surface area contributed by atoms with Crippen LogP contribution in [0.5, 0.6) is 0 Å². The number of ether oxygens (including phenoxy) is 5. The molecule has 0 radical (unpaired) electrons. The van der Waals surface area contributed by atoms with Crippen molar-refractivity contribution in [3.05, 3.63) is 0 Å². The predicted octanol–water partition coefficient (Wildman–Crippen LogP) is 20.8. The highest BCUT2D eigenvalue weighted by molar-refractivity contribution is 5.78. The molecule has 0 aliphatic heterocycles. The van der Waals surface area contributed by atoms with E-state index in [2.05, 4.69) is 111 Å². The van der Waals surface area contributed by atoms with Crippen LogP contribution in [0.4, 0.5) is 0 Å². The van der Waals surface area contributed by atoms with Crippen LogP contribution in [0.25, 0.3) is 0 Å². The molecule has 10 heteroatoms. The number of rotatable bonds is 17. The van der Waals surface area contributed by atoms with Crippen LogP contribution in [0, 0.1) is 102 Å². The maximum absolute atomic E-state index is 12.5. The quantitative estimate of drug-likeness (QED) is 0.102. The highest BCUT2D eigenvalue weighted by Crippen LogP contribution is 2.72. The zero-order valence-corrected chi connectivity index (χ0v) is 62.7. The zero-order valence-electron chi connectivity index (χ0n) is 62.7. The molecule has 0 aromatic carbocycles. The van der Waals surface area contributed by atoms with Gasteiger partial charge < -0.3 is 23.7 Å². The van der Waals surface area contributed by atoms with Crippen molar-refractivity contribution < 1.29 is 47.7 Å². The summed E-state index contributed by atoms with van der Waals surface area (Å²) in [7, 11) is 0. The molecule has 0 saturated heterocycles. The van der Waals surface area contributed by atoms with Crippen LogP contribution in [0.3, 0.4) is 0 Å². The van der Waals surface area contributed by atoms with Crippen molar-refractivity contribution in [3.8, 4) is 0 Å². The molecular weight excluding hydrogens is 1110 g/mol. The SMILES string of the molecule is CCC(C)(C)C(=O)OC1(C(C)C)CC2CCC1C2.CCC(C)(C)C(=O)OC1(C)C2(C)CCC(C2)C1(C)C.CCC(C)(C)C(=O)OC1(C)CC2CCC1(C)C2(C)C.CCC(C)(C)C(=O)OC1(C)CC2CCC1C2.CCC(C)(C)C(=O)OC1(CC)CC2CCC1C2. The summed E-state index contributed by atoms with van der Waals surface area (Å²) in [4.78, 5) is 61.8. The van der Waals surface area contributed by atoms with E-state index < -0.39 is 0 Å². The first kappa shape index (κ1) is 75.4. The van der Waals surface area contributed by atoms with Gasteiger partial charge in [-0.15, -0.1) is 0 Å². The van der Waals surface area contributed by atoms with E-state index in [1.807, 2.05) is 76.2 Å². The maximum atomic E-state index is 12.5. The van der Waals surface area contributed by atoms with Crippen LogP contribution in [0.15, 0.2) is 0 Å². The van der Waals surface area contributed by atoms with E-state index in [4.69, 9.17) is 23.7 Å². The van der Waals surface area contributed by atoms with Gasteiger partial charge in [0.1, 0.15) is 28.0 Å². The lowest BCUT2D eigenvalue weighted by Gasteiger charge is -2.51. The molecule has 10 aliphatic carbocycles. The fourth-order valence-electron chi connectivity index (χ4n) is 18.8. The first-order valence-electron chi connectivity index (χ1n) is 36.8. The Bertz CT molecular complexity index is 2510. The lowest BCUT2D eigenvalue weighted by molar-refractivity contribution is -0.202. The molecule has 10 fully saturated rings. The van der Waals surface area contributed by atoms with E-state index in [0.29, 0.717) is 35.5 Å². The van der Waals surface area contributed by atoms with Crippen LogP contribution in [0.2, 0.25) is 0 Å². The molecule has 0 amide bonds. The van der Waals surface area contributed by atoms with E-state index in [9.17, 15) is 24.0 Å². The van der Waals surface area contributed by atoms with Gasteiger partial charge in [-0.3, -0.25) is 24.0 Å². The number of carbonyl (C=O) groups is 5. The van der Waals surface area contributed by atoms with Gasteiger partial charge in [-0.25, -0.2) is 0 Å². The number of esters is 5. The molecular formula is C79H138O10. The molecule has 10 rings (SSSR count). The standard InChI is InChI=1S/2C17H30O2.C16H28O2.C15H26O2.C14H24O2/c1-8-14(2,3)13(18)19-17(7)11-12-9-10-16(17,6)15(12,4)5;1-8-14(2,3)13(18)19-17(7)15(4,5)12-9-10-16(17,6)11-12;1-6-15(4,5)14(17)18-16(11(2)3)10-12-7-8-13(16)9-12;1-5-14(3,4)13(16)17-15(6-2)10-11-7-8-12(15)9-11;1-5-13(2,3)12(15)16-14(4)9-10-6-7-11(14)8-10/h2*12H,8-11H2,1-7H3;11-13H,6-10H2,1-5H3;11-12H,5-10H2,1-4H3;10-11H,5-9H2,1-4H3. The molecule has 0 aromatic heterocycles. The topological polar surface area (TPSA) is 132 Å². The average Bonchev–Trinajstić information content (AvgIpc) is 1.56. The molecule has 89 heavy (non-hydrogen) atoms. The Kier molecular flexibility index (Phi) is 22.2. The zero-order chi connectivity index (χ0) is 67.6. The Morgan fingerprint density at radius 1 is 0.393 bits per heavy atom. The molecule has 514 valence electrons. The first-order chi connectivity index (χ1) is 40.6. The first-order valence-corrected chi connectivity index (χ1v) is 36.8. The van der Waals surface area contributed by atoms with Crippen LogP contribution in [-0.2, 0) is 47.7 Å². The third-order valence-electron chi connectivity index (χ3n) is 29.5. The Balaban J connectivity index is 0.000000178. The van der Waals surface area contributed by atoms with Crippen molar-refractivity contribution in [3.63, 3.8) is 0 Å². The van der Waals surface area contributed by atoms with Gasteiger partial charge in [-0.05, 0) is 303 Å². The Labute approximate surface area is 546 Å². The summed E-state index contributed by atoms with van der Waals surface area (Å²) >= 11 is 0. The molecule has 0 heterocycles. The fourth-order valence-corrected chi connectivity index (χ4v) is 18.8. The smallest absolute Gasteiger partial charge is 0.312 e. The van der Waals surface area contributed by atoms with Gasteiger partial charge in [0.25, 0.3) is 0 Å². The number of carbonyl (C=O) groups excluding carboxylic acids is 5. The number of hydrogen-bond donors (Lipinski definition) is 0. The molecule has 15 unspecified atom stereocenters. The third kappa shape index (κ3) is 13.9. The second kappa shape index (κ2) is 26.2. The van der Waals surface area contributed by atoms with Crippen LogP contribution < -0.4 is 0 Å². The van der Waals surface area contributed by atoms with Gasteiger partial charge in [0.15, 0.2) is 0 Å². The maximum Gasteiger partial charge on any atom is 0.312 e. The second-order valence-corrected chi connectivity index (χ2v) is 37.2. The van der Waals surface area contributed by atoms with Gasteiger partial charge >= 0.3 is 29.8 Å². The van der Waals surface area contributed by atoms with Crippen molar-refractivity contribution in [1.82, 2.24) is 0 Å².